The van der Waals surface area contributed by atoms with Gasteiger partial charge in [-0.3, -0.25) is 0 Å². The molecule has 0 radical (unpaired) electrons. The van der Waals surface area contributed by atoms with Crippen molar-refractivity contribution < 1.29 is 0 Å². The van der Waals surface area contributed by atoms with Gasteiger partial charge in [-0.15, -0.1) is 0 Å². The lowest BCUT2D eigenvalue weighted by Gasteiger charge is -2.28. The van der Waals surface area contributed by atoms with E-state index in [1.165, 1.54) is 17.7 Å². The monoisotopic (exact) mass is 276 g/mol. The average molecular weight is 276 g/mol. The summed E-state index contributed by atoms with van der Waals surface area (Å²) >= 11 is 0. The van der Waals surface area contributed by atoms with Gasteiger partial charge in [0, 0.05) is 19.3 Å². The van der Waals surface area contributed by atoms with Crippen molar-refractivity contribution in [3.05, 3.63) is 29.8 Å². The van der Waals surface area contributed by atoms with Crippen LogP contribution in [0, 0.1) is 5.41 Å². The molecule has 1 atom stereocenters. The molecule has 2 nitrogen and oxygen atoms in total. The summed E-state index contributed by atoms with van der Waals surface area (Å²) in [6, 6.07) is 9.09. The number of rotatable bonds is 6. The quantitative estimate of drug-likeness (QED) is 0.767. The summed E-state index contributed by atoms with van der Waals surface area (Å²) in [7, 11) is 6.43. The fourth-order valence-electron chi connectivity index (χ4n) is 2.27. The van der Waals surface area contributed by atoms with Crippen LogP contribution in [-0.2, 0) is 0 Å². The molecule has 0 spiro atoms. The fraction of sp³-hybridized carbons (Fsp3) is 0.667. The molecule has 0 aliphatic carbocycles. The highest BCUT2D eigenvalue weighted by molar-refractivity contribution is 5.47. The van der Waals surface area contributed by atoms with E-state index in [1.807, 2.05) is 0 Å². The Hall–Kier alpha value is -1.02. The number of anilines is 1. The van der Waals surface area contributed by atoms with Gasteiger partial charge in [-0.2, -0.15) is 0 Å². The molecule has 0 heterocycles. The molecule has 20 heavy (non-hydrogen) atoms. The lowest BCUT2D eigenvalue weighted by molar-refractivity contribution is 0.339. The first-order chi connectivity index (χ1) is 9.21. The Morgan fingerprint density at radius 2 is 1.50 bits per heavy atom. The van der Waals surface area contributed by atoms with E-state index in [1.54, 1.807) is 0 Å². The molecule has 0 saturated heterocycles. The summed E-state index contributed by atoms with van der Waals surface area (Å²) in [5.41, 5.74) is 3.07. The highest BCUT2D eigenvalue weighted by atomic mass is 15.1. The van der Waals surface area contributed by atoms with Crippen LogP contribution < -0.4 is 4.90 Å². The van der Waals surface area contributed by atoms with Crippen LogP contribution >= 0.6 is 0 Å². The summed E-state index contributed by atoms with van der Waals surface area (Å²) in [6.45, 7) is 11.5. The minimum atomic E-state index is 0.319. The van der Waals surface area contributed by atoms with Gasteiger partial charge >= 0.3 is 0 Å². The van der Waals surface area contributed by atoms with Crippen molar-refractivity contribution in [1.82, 2.24) is 4.90 Å². The molecule has 0 amide bonds. The van der Waals surface area contributed by atoms with Crippen molar-refractivity contribution in [2.24, 2.45) is 5.41 Å². The third kappa shape index (κ3) is 5.16. The van der Waals surface area contributed by atoms with Crippen LogP contribution in [0.5, 0.6) is 0 Å². The summed E-state index contributed by atoms with van der Waals surface area (Å²) < 4.78 is 0. The molecule has 1 aromatic carbocycles. The molecule has 0 aliphatic heterocycles. The molecule has 2 heteroatoms. The van der Waals surface area contributed by atoms with Gasteiger partial charge in [0.2, 0.25) is 0 Å². The van der Waals surface area contributed by atoms with Crippen molar-refractivity contribution in [3.63, 3.8) is 0 Å². The molecule has 0 bridgehead atoms. The molecule has 0 aliphatic rings. The number of nitrogens with zero attached hydrogens (tertiary/aromatic N) is 2. The summed E-state index contributed by atoms with van der Waals surface area (Å²) in [5.74, 6) is 0.579. The van der Waals surface area contributed by atoms with E-state index in [9.17, 15) is 0 Å². The predicted molar refractivity (Wildman–Crippen MR) is 90.8 cm³/mol. The van der Waals surface area contributed by atoms with Gasteiger partial charge in [0.1, 0.15) is 0 Å². The Kier molecular flexibility index (Phi) is 6.07. The van der Waals surface area contributed by atoms with Crippen molar-refractivity contribution in [2.75, 3.05) is 39.1 Å². The van der Waals surface area contributed by atoms with Gasteiger partial charge < -0.3 is 9.80 Å². The standard InChI is InChI=1S/C18H32N2/c1-15(18(2,3)4)16-9-11-17(12-10-16)20(7)14-8-13-19(5)6/h9-12,15H,8,13-14H2,1-7H3/t15-/m1/s1. The summed E-state index contributed by atoms with van der Waals surface area (Å²) in [4.78, 5) is 4.58. The molecule has 1 rings (SSSR count). The van der Waals surface area contributed by atoms with E-state index in [-0.39, 0.29) is 0 Å². The second-order valence-corrected chi connectivity index (χ2v) is 7.26. The molecular formula is C18H32N2. The van der Waals surface area contributed by atoms with E-state index in [0.29, 0.717) is 11.3 Å². The first kappa shape index (κ1) is 17.0. The zero-order valence-electron chi connectivity index (χ0n) is 14.4. The van der Waals surface area contributed by atoms with E-state index in [4.69, 9.17) is 0 Å². The fourth-order valence-corrected chi connectivity index (χ4v) is 2.27. The predicted octanol–water partition coefficient (Wildman–Crippen LogP) is 4.22. The third-order valence-corrected chi connectivity index (χ3v) is 4.23. The van der Waals surface area contributed by atoms with Crippen LogP contribution in [0.3, 0.4) is 0 Å². The van der Waals surface area contributed by atoms with Crippen LogP contribution in [0.15, 0.2) is 24.3 Å². The maximum atomic E-state index is 2.34. The molecule has 1 aromatic rings. The maximum absolute atomic E-state index is 2.34. The molecule has 0 saturated carbocycles. The van der Waals surface area contributed by atoms with E-state index >= 15 is 0 Å². The number of hydrogen-bond donors (Lipinski definition) is 0. The maximum Gasteiger partial charge on any atom is 0.0363 e. The normalized spacial score (nSPS) is 13.6. The van der Waals surface area contributed by atoms with Gasteiger partial charge in [-0.05, 0) is 56.1 Å². The smallest absolute Gasteiger partial charge is 0.0363 e. The molecule has 0 aromatic heterocycles. The van der Waals surface area contributed by atoms with Gasteiger partial charge in [0.25, 0.3) is 0 Å². The highest BCUT2D eigenvalue weighted by Crippen LogP contribution is 2.34. The van der Waals surface area contributed by atoms with E-state index < -0.39 is 0 Å². The second-order valence-electron chi connectivity index (χ2n) is 7.26. The van der Waals surface area contributed by atoms with Crippen LogP contribution in [-0.4, -0.2) is 39.1 Å². The highest BCUT2D eigenvalue weighted by Gasteiger charge is 2.21. The number of benzene rings is 1. The van der Waals surface area contributed by atoms with Crippen LogP contribution in [0.2, 0.25) is 0 Å². The Morgan fingerprint density at radius 1 is 0.950 bits per heavy atom. The van der Waals surface area contributed by atoms with Crippen LogP contribution in [0.1, 0.15) is 45.6 Å². The SMILES string of the molecule is C[C@H](c1ccc(N(C)CCCN(C)C)cc1)C(C)(C)C. The molecule has 0 unspecified atom stereocenters. The Balaban J connectivity index is 2.62. The largest absolute Gasteiger partial charge is 0.375 e. The van der Waals surface area contributed by atoms with Gasteiger partial charge in [0.05, 0.1) is 0 Å². The number of hydrogen-bond acceptors (Lipinski definition) is 2. The van der Waals surface area contributed by atoms with Gasteiger partial charge in [0.15, 0.2) is 0 Å². The minimum Gasteiger partial charge on any atom is -0.375 e. The van der Waals surface area contributed by atoms with Gasteiger partial charge in [-0.25, -0.2) is 0 Å². The molecular weight excluding hydrogens is 244 g/mol. The van der Waals surface area contributed by atoms with Gasteiger partial charge in [-0.1, -0.05) is 39.8 Å². The average Bonchev–Trinajstić information content (AvgIpc) is 2.36. The molecule has 0 fully saturated rings. The van der Waals surface area contributed by atoms with Crippen molar-refractivity contribution in [1.29, 1.82) is 0 Å². The first-order valence-electron chi connectivity index (χ1n) is 7.67. The second kappa shape index (κ2) is 7.12. The zero-order chi connectivity index (χ0) is 15.3. The van der Waals surface area contributed by atoms with Crippen molar-refractivity contribution in [2.45, 2.75) is 40.0 Å². The van der Waals surface area contributed by atoms with Crippen LogP contribution in [0.4, 0.5) is 5.69 Å². The van der Waals surface area contributed by atoms with Crippen molar-refractivity contribution in [3.8, 4) is 0 Å². The topological polar surface area (TPSA) is 6.48 Å². The van der Waals surface area contributed by atoms with Crippen LogP contribution in [0.25, 0.3) is 0 Å². The summed E-state index contributed by atoms with van der Waals surface area (Å²) in [6.07, 6.45) is 1.20. The minimum absolute atomic E-state index is 0.319. The van der Waals surface area contributed by atoms with Crippen molar-refractivity contribution >= 4 is 5.69 Å². The molecule has 114 valence electrons. The Labute approximate surface area is 125 Å². The Bertz CT molecular complexity index is 387. The lowest BCUT2D eigenvalue weighted by Crippen LogP contribution is -2.23. The van der Waals surface area contributed by atoms with E-state index in [2.05, 4.69) is 82.9 Å². The summed E-state index contributed by atoms with van der Waals surface area (Å²) in [5, 5.41) is 0. The molecule has 0 N–H and O–H groups in total. The first-order valence-corrected chi connectivity index (χ1v) is 7.67. The lowest BCUT2D eigenvalue weighted by atomic mass is 9.78. The zero-order valence-corrected chi connectivity index (χ0v) is 14.4. The van der Waals surface area contributed by atoms with E-state index in [0.717, 1.165) is 13.1 Å². The Morgan fingerprint density at radius 3 is 1.95 bits per heavy atom. The third-order valence-electron chi connectivity index (χ3n) is 4.23.